The molecule has 0 spiro atoms. The fourth-order valence-corrected chi connectivity index (χ4v) is 3.04. The summed E-state index contributed by atoms with van der Waals surface area (Å²) in [6, 6.07) is 19.5. The number of ether oxygens (including phenoxy) is 3. The van der Waals surface area contributed by atoms with E-state index in [2.05, 4.69) is 0 Å². The van der Waals surface area contributed by atoms with Gasteiger partial charge in [-0.15, -0.1) is 0 Å². The van der Waals surface area contributed by atoms with Gasteiger partial charge in [0.15, 0.2) is 5.60 Å². The molecule has 0 aliphatic heterocycles. The third kappa shape index (κ3) is 5.81. The molecule has 3 aromatic rings. The summed E-state index contributed by atoms with van der Waals surface area (Å²) in [6.07, 6.45) is -4.36. The number of carbonyl (C=O) groups excluding carboxylic acids is 1. The highest BCUT2D eigenvalue weighted by Gasteiger charge is 2.31. The van der Waals surface area contributed by atoms with Gasteiger partial charge in [0.1, 0.15) is 18.1 Å². The van der Waals surface area contributed by atoms with Crippen LogP contribution in [0, 0.1) is 0 Å². The van der Waals surface area contributed by atoms with E-state index < -0.39 is 23.3 Å². The van der Waals surface area contributed by atoms with Crippen molar-refractivity contribution in [3.05, 3.63) is 83.9 Å². The zero-order valence-corrected chi connectivity index (χ0v) is 17.9. The zero-order valence-electron chi connectivity index (χ0n) is 17.9. The number of alkyl halides is 3. The predicted molar refractivity (Wildman–Crippen MR) is 114 cm³/mol. The highest BCUT2D eigenvalue weighted by molar-refractivity contribution is 5.79. The van der Waals surface area contributed by atoms with Crippen LogP contribution in [-0.4, -0.2) is 18.7 Å². The first kappa shape index (κ1) is 23.2. The van der Waals surface area contributed by atoms with Gasteiger partial charge in [-0.1, -0.05) is 36.4 Å². The quantitative estimate of drug-likeness (QED) is 0.402. The Labute approximate surface area is 184 Å². The summed E-state index contributed by atoms with van der Waals surface area (Å²) >= 11 is 0. The second-order valence-corrected chi connectivity index (χ2v) is 7.64. The Morgan fingerprint density at radius 3 is 1.97 bits per heavy atom. The number of carbonyl (C=O) groups is 1. The Morgan fingerprint density at radius 1 is 0.844 bits per heavy atom. The number of hydrogen-bond donors (Lipinski definition) is 0. The van der Waals surface area contributed by atoms with E-state index in [1.54, 1.807) is 32.0 Å². The van der Waals surface area contributed by atoms with E-state index in [0.717, 1.165) is 23.3 Å². The summed E-state index contributed by atoms with van der Waals surface area (Å²) in [6.45, 7) is 3.39. The molecule has 0 bridgehead atoms. The van der Waals surface area contributed by atoms with Gasteiger partial charge in [-0.25, -0.2) is 4.79 Å². The number of halogens is 3. The fraction of sp³-hybridized carbons (Fsp3) is 0.240. The number of esters is 1. The van der Waals surface area contributed by atoms with Crippen molar-refractivity contribution in [2.75, 3.05) is 7.11 Å². The minimum absolute atomic E-state index is 0.137. The average Bonchev–Trinajstić information content (AvgIpc) is 2.77. The van der Waals surface area contributed by atoms with E-state index in [4.69, 9.17) is 14.2 Å². The highest BCUT2D eigenvalue weighted by atomic mass is 19.4. The molecule has 0 amide bonds. The van der Waals surface area contributed by atoms with Gasteiger partial charge in [-0.05, 0) is 66.9 Å². The van der Waals surface area contributed by atoms with Gasteiger partial charge < -0.3 is 14.2 Å². The van der Waals surface area contributed by atoms with Crippen LogP contribution in [0.4, 0.5) is 13.2 Å². The first-order chi connectivity index (χ1) is 15.1. The van der Waals surface area contributed by atoms with E-state index in [-0.39, 0.29) is 6.61 Å². The van der Waals surface area contributed by atoms with Crippen LogP contribution in [0.25, 0.3) is 11.1 Å². The molecule has 0 saturated carbocycles. The van der Waals surface area contributed by atoms with Gasteiger partial charge in [-0.2, -0.15) is 13.2 Å². The lowest BCUT2D eigenvalue weighted by Gasteiger charge is -2.23. The van der Waals surface area contributed by atoms with Crippen LogP contribution in [0.5, 0.6) is 11.5 Å². The first-order valence-corrected chi connectivity index (χ1v) is 9.85. The predicted octanol–water partition coefficient (Wildman–Crippen LogP) is 6.28. The zero-order chi connectivity index (χ0) is 23.4. The standard InChI is InChI=1S/C25H23F3O4/c1-24(2,23(29)30-3)32-22-9-5-7-19(15-22)18-6-4-8-21(14-18)31-16-17-10-12-20(13-11-17)25(26,27)28/h4-15H,16H2,1-3H3. The Morgan fingerprint density at radius 2 is 1.41 bits per heavy atom. The maximum absolute atomic E-state index is 12.7. The SMILES string of the molecule is COC(=O)C(C)(C)Oc1cccc(-c2cccc(OCc3ccc(C(F)(F)F)cc3)c2)c1. The van der Waals surface area contributed by atoms with Gasteiger partial charge >= 0.3 is 12.1 Å². The fourth-order valence-electron chi connectivity index (χ4n) is 3.04. The molecule has 0 unspecified atom stereocenters. The lowest BCUT2D eigenvalue weighted by atomic mass is 10.0. The first-order valence-electron chi connectivity index (χ1n) is 9.85. The van der Waals surface area contributed by atoms with Gasteiger partial charge in [0.25, 0.3) is 0 Å². The second kappa shape index (κ2) is 9.34. The van der Waals surface area contributed by atoms with Crippen molar-refractivity contribution in [1.29, 1.82) is 0 Å². The molecular weight excluding hydrogens is 421 g/mol. The maximum Gasteiger partial charge on any atom is 0.416 e. The second-order valence-electron chi connectivity index (χ2n) is 7.64. The molecule has 0 radical (unpaired) electrons. The van der Waals surface area contributed by atoms with Crippen LogP contribution in [0.15, 0.2) is 72.8 Å². The largest absolute Gasteiger partial charge is 0.489 e. The number of rotatable bonds is 7. The molecular formula is C25H23F3O4. The number of hydrogen-bond acceptors (Lipinski definition) is 4. The van der Waals surface area contributed by atoms with E-state index >= 15 is 0 Å². The Kier molecular flexibility index (Phi) is 6.77. The van der Waals surface area contributed by atoms with Crippen LogP contribution in [0.2, 0.25) is 0 Å². The normalized spacial score (nSPS) is 11.7. The average molecular weight is 444 g/mol. The van der Waals surface area contributed by atoms with Gasteiger partial charge in [-0.3, -0.25) is 0 Å². The third-order valence-corrected chi connectivity index (χ3v) is 4.74. The molecule has 0 atom stereocenters. The number of methoxy groups -OCH3 is 1. The Bertz CT molecular complexity index is 1070. The maximum atomic E-state index is 12.7. The van der Waals surface area contributed by atoms with Crippen molar-refractivity contribution < 1.29 is 32.2 Å². The minimum Gasteiger partial charge on any atom is -0.489 e. The monoisotopic (exact) mass is 444 g/mol. The molecule has 0 aromatic heterocycles. The van der Waals surface area contributed by atoms with Crippen molar-refractivity contribution in [2.24, 2.45) is 0 Å². The van der Waals surface area contributed by atoms with Gasteiger partial charge in [0, 0.05) is 0 Å². The summed E-state index contributed by atoms with van der Waals surface area (Å²) in [5.41, 5.74) is 0.504. The van der Waals surface area contributed by atoms with Crippen molar-refractivity contribution in [3.8, 4) is 22.6 Å². The van der Waals surface area contributed by atoms with Crippen LogP contribution in [-0.2, 0) is 22.3 Å². The molecule has 0 fully saturated rings. The summed E-state index contributed by atoms with van der Waals surface area (Å²) in [7, 11) is 1.31. The molecule has 0 heterocycles. The topological polar surface area (TPSA) is 44.8 Å². The Hall–Kier alpha value is -3.48. The lowest BCUT2D eigenvalue weighted by Crippen LogP contribution is -2.39. The van der Waals surface area contributed by atoms with E-state index in [9.17, 15) is 18.0 Å². The van der Waals surface area contributed by atoms with E-state index in [1.165, 1.54) is 19.2 Å². The van der Waals surface area contributed by atoms with Crippen LogP contribution < -0.4 is 9.47 Å². The van der Waals surface area contributed by atoms with Gasteiger partial charge in [0.05, 0.1) is 12.7 Å². The van der Waals surface area contributed by atoms with Crippen LogP contribution in [0.1, 0.15) is 25.0 Å². The summed E-state index contributed by atoms with van der Waals surface area (Å²) < 4.78 is 54.4. The highest BCUT2D eigenvalue weighted by Crippen LogP contribution is 2.30. The molecule has 0 saturated heterocycles. The smallest absolute Gasteiger partial charge is 0.416 e. The number of benzene rings is 3. The van der Waals surface area contributed by atoms with Gasteiger partial charge in [0.2, 0.25) is 0 Å². The lowest BCUT2D eigenvalue weighted by molar-refractivity contribution is -0.156. The Balaban J connectivity index is 1.71. The van der Waals surface area contributed by atoms with Crippen LogP contribution >= 0.6 is 0 Å². The van der Waals surface area contributed by atoms with Crippen molar-refractivity contribution in [3.63, 3.8) is 0 Å². The summed E-state index contributed by atoms with van der Waals surface area (Å²) in [5.74, 6) is 0.596. The molecule has 0 aliphatic rings. The van der Waals surface area contributed by atoms with E-state index in [1.807, 2.05) is 30.3 Å². The summed E-state index contributed by atoms with van der Waals surface area (Å²) in [5, 5.41) is 0. The summed E-state index contributed by atoms with van der Waals surface area (Å²) in [4.78, 5) is 11.9. The minimum atomic E-state index is -4.36. The molecule has 32 heavy (non-hydrogen) atoms. The molecule has 3 aromatic carbocycles. The van der Waals surface area contributed by atoms with Crippen molar-refractivity contribution >= 4 is 5.97 Å². The molecule has 168 valence electrons. The molecule has 0 N–H and O–H groups in total. The van der Waals surface area contributed by atoms with Crippen LogP contribution in [0.3, 0.4) is 0 Å². The molecule has 7 heteroatoms. The van der Waals surface area contributed by atoms with Crippen molar-refractivity contribution in [1.82, 2.24) is 0 Å². The van der Waals surface area contributed by atoms with Crippen molar-refractivity contribution in [2.45, 2.75) is 32.2 Å². The molecule has 0 aliphatic carbocycles. The third-order valence-electron chi connectivity index (χ3n) is 4.74. The molecule has 3 rings (SSSR count). The van der Waals surface area contributed by atoms with E-state index in [0.29, 0.717) is 17.1 Å². The molecule has 4 nitrogen and oxygen atoms in total.